The standard InChI is InChI=1S/C26H28N6O2/c1-16-10-6-8-12-20(16)14-30-24(33)22-23(29(5)26(30)34)27-25-31(28-18(3)19(4)32(22)25)15-21-13-9-7-11-17(21)2/h6-13,19H,14-15H2,1-5H3/t19-/m0/s1. The van der Waals surface area contributed by atoms with Crippen molar-refractivity contribution in [2.24, 2.45) is 12.1 Å². The molecule has 2 aromatic heterocycles. The van der Waals surface area contributed by atoms with E-state index < -0.39 is 0 Å². The summed E-state index contributed by atoms with van der Waals surface area (Å²) in [7, 11) is 1.67. The molecule has 34 heavy (non-hydrogen) atoms. The van der Waals surface area contributed by atoms with Gasteiger partial charge in [0, 0.05) is 7.05 Å². The quantitative estimate of drug-likeness (QED) is 0.471. The van der Waals surface area contributed by atoms with Gasteiger partial charge in [0.05, 0.1) is 24.8 Å². The molecule has 0 spiro atoms. The largest absolute Gasteiger partial charge is 0.332 e. The van der Waals surface area contributed by atoms with Gasteiger partial charge in [0.1, 0.15) is 0 Å². The van der Waals surface area contributed by atoms with Gasteiger partial charge >= 0.3 is 5.69 Å². The van der Waals surface area contributed by atoms with Crippen LogP contribution in [0, 0.1) is 13.8 Å². The number of hydrazone groups is 1. The van der Waals surface area contributed by atoms with Crippen LogP contribution in [0.4, 0.5) is 5.95 Å². The highest BCUT2D eigenvalue weighted by atomic mass is 16.2. The van der Waals surface area contributed by atoms with Crippen LogP contribution in [0.5, 0.6) is 0 Å². The maximum Gasteiger partial charge on any atom is 0.332 e. The number of benzene rings is 2. The number of aromatic nitrogens is 4. The number of rotatable bonds is 4. The third-order valence-electron chi connectivity index (χ3n) is 6.83. The average Bonchev–Trinajstić information content (AvgIpc) is 3.23. The Balaban J connectivity index is 1.71. The number of fused-ring (bicyclic) bond motifs is 3. The Labute approximate surface area is 197 Å². The van der Waals surface area contributed by atoms with Crippen molar-refractivity contribution in [1.82, 2.24) is 18.7 Å². The number of nitrogens with zero attached hydrogens (tertiary/aromatic N) is 6. The van der Waals surface area contributed by atoms with E-state index in [1.807, 2.05) is 66.7 Å². The van der Waals surface area contributed by atoms with Crippen LogP contribution >= 0.6 is 0 Å². The molecule has 2 aromatic carbocycles. The van der Waals surface area contributed by atoms with Gasteiger partial charge in [-0.3, -0.25) is 18.5 Å². The number of anilines is 1. The fourth-order valence-corrected chi connectivity index (χ4v) is 4.53. The predicted octanol–water partition coefficient (Wildman–Crippen LogP) is 3.52. The lowest BCUT2D eigenvalue weighted by atomic mass is 10.1. The summed E-state index contributed by atoms with van der Waals surface area (Å²) in [6.45, 7) is 8.74. The lowest BCUT2D eigenvalue weighted by Gasteiger charge is -2.29. The van der Waals surface area contributed by atoms with Crippen LogP contribution in [0.2, 0.25) is 0 Å². The molecule has 3 heterocycles. The van der Waals surface area contributed by atoms with E-state index in [2.05, 4.69) is 19.1 Å². The van der Waals surface area contributed by atoms with Crippen molar-refractivity contribution in [2.45, 2.75) is 46.8 Å². The summed E-state index contributed by atoms with van der Waals surface area (Å²) in [5.41, 5.74) is 5.20. The monoisotopic (exact) mass is 456 g/mol. The van der Waals surface area contributed by atoms with Crippen LogP contribution < -0.4 is 16.3 Å². The Morgan fingerprint density at radius 1 is 0.882 bits per heavy atom. The molecule has 5 rings (SSSR count). The summed E-state index contributed by atoms with van der Waals surface area (Å²) < 4.78 is 4.69. The molecule has 8 heteroatoms. The molecular formula is C26H28N6O2. The minimum atomic E-state index is -0.382. The maximum atomic E-state index is 13.8. The van der Waals surface area contributed by atoms with Gasteiger partial charge in [0.15, 0.2) is 11.2 Å². The molecule has 1 atom stereocenters. The van der Waals surface area contributed by atoms with Gasteiger partial charge in [0.25, 0.3) is 5.56 Å². The van der Waals surface area contributed by atoms with E-state index in [4.69, 9.17) is 10.1 Å². The SMILES string of the molecule is CC1=NN(Cc2ccccc2C)c2nc3c(c(=O)n(Cc4ccccc4C)c(=O)n3C)n2[C@H]1C. The molecule has 0 saturated carbocycles. The van der Waals surface area contributed by atoms with Crippen LogP contribution in [-0.2, 0) is 20.1 Å². The van der Waals surface area contributed by atoms with Crippen molar-refractivity contribution >= 4 is 22.8 Å². The molecule has 0 amide bonds. The first-order chi connectivity index (χ1) is 16.3. The van der Waals surface area contributed by atoms with Crippen molar-refractivity contribution in [3.63, 3.8) is 0 Å². The number of hydrogen-bond donors (Lipinski definition) is 0. The van der Waals surface area contributed by atoms with Gasteiger partial charge in [-0.1, -0.05) is 48.5 Å². The Morgan fingerprint density at radius 2 is 1.47 bits per heavy atom. The van der Waals surface area contributed by atoms with E-state index in [0.29, 0.717) is 23.7 Å². The highest BCUT2D eigenvalue weighted by Crippen LogP contribution is 2.31. The summed E-state index contributed by atoms with van der Waals surface area (Å²) in [5.74, 6) is 0.567. The zero-order valence-corrected chi connectivity index (χ0v) is 20.1. The molecule has 0 N–H and O–H groups in total. The molecule has 174 valence electrons. The summed E-state index contributed by atoms with van der Waals surface area (Å²) in [6.07, 6.45) is 0. The summed E-state index contributed by atoms with van der Waals surface area (Å²) >= 11 is 0. The average molecular weight is 457 g/mol. The van der Waals surface area contributed by atoms with Crippen LogP contribution in [-0.4, -0.2) is 24.4 Å². The number of imidazole rings is 1. The highest BCUT2D eigenvalue weighted by molar-refractivity contribution is 5.91. The Morgan fingerprint density at radius 3 is 2.09 bits per heavy atom. The Hall–Kier alpha value is -3.94. The molecule has 0 saturated heterocycles. The maximum absolute atomic E-state index is 13.8. The minimum absolute atomic E-state index is 0.162. The van der Waals surface area contributed by atoms with Crippen LogP contribution in [0.1, 0.15) is 42.1 Å². The smallest absolute Gasteiger partial charge is 0.294 e. The van der Waals surface area contributed by atoms with Crippen molar-refractivity contribution in [1.29, 1.82) is 0 Å². The molecule has 0 bridgehead atoms. The van der Waals surface area contributed by atoms with Crippen molar-refractivity contribution in [2.75, 3.05) is 5.01 Å². The van der Waals surface area contributed by atoms with E-state index in [9.17, 15) is 9.59 Å². The predicted molar refractivity (Wildman–Crippen MR) is 135 cm³/mol. The summed E-state index contributed by atoms with van der Waals surface area (Å²) in [5, 5.41) is 6.62. The highest BCUT2D eigenvalue weighted by Gasteiger charge is 2.31. The normalized spacial score (nSPS) is 15.5. The zero-order valence-electron chi connectivity index (χ0n) is 20.1. The molecule has 0 fully saturated rings. The lowest BCUT2D eigenvalue weighted by molar-refractivity contribution is 0.625. The van der Waals surface area contributed by atoms with Crippen LogP contribution in [0.25, 0.3) is 11.2 Å². The second kappa shape index (κ2) is 8.13. The molecule has 4 aromatic rings. The minimum Gasteiger partial charge on any atom is -0.294 e. The first kappa shape index (κ1) is 21.9. The summed E-state index contributed by atoms with van der Waals surface area (Å²) in [4.78, 5) is 31.7. The summed E-state index contributed by atoms with van der Waals surface area (Å²) in [6, 6.07) is 15.8. The Bertz CT molecular complexity index is 1570. The fourth-order valence-electron chi connectivity index (χ4n) is 4.53. The van der Waals surface area contributed by atoms with Gasteiger partial charge in [-0.15, -0.1) is 0 Å². The molecule has 0 aliphatic carbocycles. The van der Waals surface area contributed by atoms with E-state index in [1.54, 1.807) is 7.05 Å². The topological polar surface area (TPSA) is 77.4 Å². The van der Waals surface area contributed by atoms with Gasteiger partial charge in [-0.2, -0.15) is 10.1 Å². The van der Waals surface area contributed by atoms with Crippen molar-refractivity contribution in [3.8, 4) is 0 Å². The van der Waals surface area contributed by atoms with Crippen molar-refractivity contribution < 1.29 is 0 Å². The number of aryl methyl sites for hydroxylation is 3. The van der Waals surface area contributed by atoms with E-state index in [1.165, 1.54) is 9.13 Å². The third kappa shape index (κ3) is 3.37. The van der Waals surface area contributed by atoms with Crippen LogP contribution in [0.15, 0.2) is 63.2 Å². The lowest BCUT2D eigenvalue weighted by Crippen LogP contribution is -2.40. The van der Waals surface area contributed by atoms with E-state index in [-0.39, 0.29) is 23.8 Å². The van der Waals surface area contributed by atoms with Gasteiger partial charge < -0.3 is 0 Å². The van der Waals surface area contributed by atoms with Crippen LogP contribution in [0.3, 0.4) is 0 Å². The van der Waals surface area contributed by atoms with Gasteiger partial charge in [0.2, 0.25) is 5.95 Å². The zero-order chi connectivity index (χ0) is 24.1. The molecular weight excluding hydrogens is 428 g/mol. The molecule has 0 radical (unpaired) electrons. The van der Waals surface area contributed by atoms with Gasteiger partial charge in [-0.25, -0.2) is 9.80 Å². The fraction of sp³-hybridized carbons (Fsp3) is 0.308. The molecule has 0 unspecified atom stereocenters. The number of hydrogen-bond acceptors (Lipinski definition) is 5. The molecule has 8 nitrogen and oxygen atoms in total. The first-order valence-corrected chi connectivity index (χ1v) is 11.4. The first-order valence-electron chi connectivity index (χ1n) is 11.4. The molecule has 1 aliphatic heterocycles. The van der Waals surface area contributed by atoms with Crippen molar-refractivity contribution in [3.05, 3.63) is 91.6 Å². The second-order valence-electron chi connectivity index (χ2n) is 9.01. The third-order valence-corrected chi connectivity index (χ3v) is 6.83. The second-order valence-corrected chi connectivity index (χ2v) is 9.01. The Kier molecular flexibility index (Phi) is 5.23. The molecule has 1 aliphatic rings. The van der Waals surface area contributed by atoms with Gasteiger partial charge in [-0.05, 0) is 49.9 Å². The van der Waals surface area contributed by atoms with E-state index in [0.717, 1.165) is 28.0 Å². The van der Waals surface area contributed by atoms with E-state index >= 15 is 0 Å².